The van der Waals surface area contributed by atoms with E-state index >= 15 is 0 Å². The van der Waals surface area contributed by atoms with Crippen molar-refractivity contribution in [2.75, 3.05) is 32.6 Å². The zero-order chi connectivity index (χ0) is 20.1. The fraction of sp³-hybridized carbons (Fsp3) is 0.455. The van der Waals surface area contributed by atoms with Crippen LogP contribution in [0.2, 0.25) is 5.02 Å². The molecule has 4 atom stereocenters. The highest BCUT2D eigenvalue weighted by molar-refractivity contribution is 7.84. The molecule has 1 aliphatic heterocycles. The normalized spacial score (nSPS) is 22.1. The molecule has 3 rings (SSSR count). The molecule has 0 aromatic heterocycles. The molecule has 6 heteroatoms. The van der Waals surface area contributed by atoms with Crippen LogP contribution in [-0.4, -0.2) is 52.8 Å². The molecular formula is C22H28ClNO3S. The van der Waals surface area contributed by atoms with E-state index in [1.807, 2.05) is 42.5 Å². The predicted molar refractivity (Wildman–Crippen MR) is 115 cm³/mol. The van der Waals surface area contributed by atoms with E-state index < -0.39 is 10.8 Å². The molecule has 1 heterocycles. The van der Waals surface area contributed by atoms with Gasteiger partial charge in [0.1, 0.15) is 5.75 Å². The second kappa shape index (κ2) is 9.88. The topological polar surface area (TPSA) is 49.8 Å². The molecule has 0 amide bonds. The molecule has 0 aliphatic carbocycles. The smallest absolute Gasteiger partial charge is 0.119 e. The van der Waals surface area contributed by atoms with E-state index in [0.717, 1.165) is 40.7 Å². The molecule has 1 saturated heterocycles. The highest BCUT2D eigenvalue weighted by atomic mass is 35.5. The summed E-state index contributed by atoms with van der Waals surface area (Å²) in [5.41, 5.74) is 1.15. The summed E-state index contributed by atoms with van der Waals surface area (Å²) in [4.78, 5) is 3.17. The van der Waals surface area contributed by atoms with Crippen molar-refractivity contribution in [3.63, 3.8) is 0 Å². The van der Waals surface area contributed by atoms with Gasteiger partial charge in [-0.2, -0.15) is 0 Å². The van der Waals surface area contributed by atoms with Gasteiger partial charge >= 0.3 is 0 Å². The molecule has 0 bridgehead atoms. The minimum absolute atomic E-state index is 0.0877. The van der Waals surface area contributed by atoms with Crippen LogP contribution in [0.25, 0.3) is 0 Å². The molecule has 1 aliphatic rings. The summed E-state index contributed by atoms with van der Waals surface area (Å²) in [5, 5.41) is 10.7. The second-order valence-corrected chi connectivity index (χ2v) is 9.41. The lowest BCUT2D eigenvalue weighted by Crippen LogP contribution is -2.38. The standard InChI is InChI=1S/C22H28ClNO3S/c1-16-12-24(20(14-25)11-17-4-3-5-19(23)10-17)13-18(16)15-27-21-6-8-22(9-7-21)28(2)26/h3-10,16,18,20,25H,11-15H2,1-2H3/t16-,18+,20?,28?/m1/s1. The van der Waals surface area contributed by atoms with Crippen molar-refractivity contribution in [3.05, 3.63) is 59.1 Å². The Morgan fingerprint density at radius 2 is 2.00 bits per heavy atom. The van der Waals surface area contributed by atoms with E-state index in [2.05, 4.69) is 17.9 Å². The van der Waals surface area contributed by atoms with E-state index in [0.29, 0.717) is 18.4 Å². The summed E-state index contributed by atoms with van der Waals surface area (Å²) < 4.78 is 17.5. The van der Waals surface area contributed by atoms with Crippen molar-refractivity contribution in [1.82, 2.24) is 4.90 Å². The number of likely N-dealkylation sites (tertiary alicyclic amines) is 1. The molecule has 1 N–H and O–H groups in total. The minimum atomic E-state index is -0.973. The maximum Gasteiger partial charge on any atom is 0.119 e. The number of aliphatic hydroxyl groups excluding tert-OH is 1. The highest BCUT2D eigenvalue weighted by Crippen LogP contribution is 2.27. The van der Waals surface area contributed by atoms with Crippen LogP contribution in [0.3, 0.4) is 0 Å². The number of ether oxygens (including phenoxy) is 1. The van der Waals surface area contributed by atoms with Crippen LogP contribution in [0.1, 0.15) is 12.5 Å². The third-order valence-electron chi connectivity index (χ3n) is 5.50. The van der Waals surface area contributed by atoms with Crippen LogP contribution in [-0.2, 0) is 17.2 Å². The van der Waals surface area contributed by atoms with Gasteiger partial charge in [-0.05, 0) is 54.3 Å². The number of nitrogens with zero attached hydrogens (tertiary/aromatic N) is 1. The molecule has 1 fully saturated rings. The molecule has 0 radical (unpaired) electrons. The van der Waals surface area contributed by atoms with Gasteiger partial charge in [0.05, 0.1) is 13.2 Å². The van der Waals surface area contributed by atoms with Gasteiger partial charge < -0.3 is 9.84 Å². The zero-order valence-electron chi connectivity index (χ0n) is 16.4. The third-order valence-corrected chi connectivity index (χ3v) is 6.67. The first-order chi connectivity index (χ1) is 13.5. The van der Waals surface area contributed by atoms with Gasteiger partial charge in [-0.15, -0.1) is 0 Å². The lowest BCUT2D eigenvalue weighted by Gasteiger charge is -2.26. The van der Waals surface area contributed by atoms with Crippen molar-refractivity contribution in [2.24, 2.45) is 11.8 Å². The van der Waals surface area contributed by atoms with Gasteiger partial charge in [0.15, 0.2) is 0 Å². The number of halogens is 1. The van der Waals surface area contributed by atoms with Crippen LogP contribution in [0, 0.1) is 11.8 Å². The summed E-state index contributed by atoms with van der Waals surface area (Å²) in [7, 11) is -0.973. The quantitative estimate of drug-likeness (QED) is 0.707. The second-order valence-electron chi connectivity index (χ2n) is 7.60. The Bertz CT molecular complexity index is 799. The SMILES string of the molecule is C[C@@H]1CN(C(CO)Cc2cccc(Cl)c2)C[C@H]1COc1ccc(S(C)=O)cc1. The fourth-order valence-electron chi connectivity index (χ4n) is 3.77. The van der Waals surface area contributed by atoms with Crippen molar-refractivity contribution >= 4 is 22.4 Å². The van der Waals surface area contributed by atoms with Crippen molar-refractivity contribution < 1.29 is 14.1 Å². The van der Waals surface area contributed by atoms with Crippen LogP contribution < -0.4 is 4.74 Å². The van der Waals surface area contributed by atoms with Crippen molar-refractivity contribution in [1.29, 1.82) is 0 Å². The van der Waals surface area contributed by atoms with E-state index in [1.165, 1.54) is 0 Å². The van der Waals surface area contributed by atoms with Crippen LogP contribution >= 0.6 is 11.6 Å². The summed E-state index contributed by atoms with van der Waals surface area (Å²) in [6.07, 6.45) is 2.46. The lowest BCUT2D eigenvalue weighted by atomic mass is 9.99. The first-order valence-electron chi connectivity index (χ1n) is 9.62. The minimum Gasteiger partial charge on any atom is -0.493 e. The third kappa shape index (κ3) is 5.57. The predicted octanol–water partition coefficient (Wildman–Crippen LogP) is 3.63. The number of aliphatic hydroxyl groups is 1. The maximum atomic E-state index is 11.5. The number of rotatable bonds is 8. The Morgan fingerprint density at radius 3 is 2.64 bits per heavy atom. The molecule has 0 saturated carbocycles. The summed E-state index contributed by atoms with van der Waals surface area (Å²) in [6, 6.07) is 15.4. The van der Waals surface area contributed by atoms with Gasteiger partial charge in [0.25, 0.3) is 0 Å². The molecule has 2 aromatic rings. The molecule has 4 nitrogen and oxygen atoms in total. The number of hydrogen-bond acceptors (Lipinski definition) is 4. The molecule has 2 aromatic carbocycles. The van der Waals surface area contributed by atoms with E-state index in [9.17, 15) is 9.32 Å². The van der Waals surface area contributed by atoms with Gasteiger partial charge in [0, 0.05) is 52.0 Å². The molecule has 152 valence electrons. The Labute approximate surface area is 174 Å². The molecule has 28 heavy (non-hydrogen) atoms. The largest absolute Gasteiger partial charge is 0.493 e. The van der Waals surface area contributed by atoms with Gasteiger partial charge in [-0.3, -0.25) is 9.11 Å². The fourth-order valence-corrected chi connectivity index (χ4v) is 4.50. The Balaban J connectivity index is 1.55. The van der Waals surface area contributed by atoms with Crippen LogP contribution in [0.5, 0.6) is 5.75 Å². The first-order valence-corrected chi connectivity index (χ1v) is 11.6. The van der Waals surface area contributed by atoms with Gasteiger partial charge in [-0.25, -0.2) is 0 Å². The van der Waals surface area contributed by atoms with E-state index in [4.69, 9.17) is 16.3 Å². The number of benzene rings is 2. The lowest BCUT2D eigenvalue weighted by molar-refractivity contribution is 0.136. The van der Waals surface area contributed by atoms with Gasteiger partial charge in [-0.1, -0.05) is 30.7 Å². The maximum absolute atomic E-state index is 11.5. The Hall–Kier alpha value is -1.40. The van der Waals surface area contributed by atoms with E-state index in [1.54, 1.807) is 6.26 Å². The average Bonchev–Trinajstić information content (AvgIpc) is 3.05. The first kappa shape index (κ1) is 21.3. The summed E-state index contributed by atoms with van der Waals surface area (Å²) >= 11 is 6.09. The van der Waals surface area contributed by atoms with Crippen LogP contribution in [0.4, 0.5) is 0 Å². The monoisotopic (exact) mass is 421 g/mol. The summed E-state index contributed by atoms with van der Waals surface area (Å²) in [5.74, 6) is 1.71. The Kier molecular flexibility index (Phi) is 7.52. The number of hydrogen-bond donors (Lipinski definition) is 1. The molecule has 0 spiro atoms. The highest BCUT2D eigenvalue weighted by Gasteiger charge is 2.33. The molecular weight excluding hydrogens is 394 g/mol. The Morgan fingerprint density at radius 1 is 1.25 bits per heavy atom. The molecule has 2 unspecified atom stereocenters. The van der Waals surface area contributed by atoms with Crippen molar-refractivity contribution in [3.8, 4) is 5.75 Å². The van der Waals surface area contributed by atoms with Crippen molar-refractivity contribution in [2.45, 2.75) is 24.3 Å². The average molecular weight is 422 g/mol. The summed E-state index contributed by atoms with van der Waals surface area (Å²) in [6.45, 7) is 4.87. The zero-order valence-corrected chi connectivity index (χ0v) is 18.0. The van der Waals surface area contributed by atoms with Crippen LogP contribution in [0.15, 0.2) is 53.4 Å². The van der Waals surface area contributed by atoms with Gasteiger partial charge in [0.2, 0.25) is 0 Å². The van der Waals surface area contributed by atoms with E-state index in [-0.39, 0.29) is 12.6 Å².